The van der Waals surface area contributed by atoms with Crippen molar-refractivity contribution in [3.05, 3.63) is 11.6 Å². The van der Waals surface area contributed by atoms with Crippen LogP contribution >= 0.6 is 0 Å². The summed E-state index contributed by atoms with van der Waals surface area (Å²) < 4.78 is 0. The van der Waals surface area contributed by atoms with Crippen molar-refractivity contribution in [2.24, 2.45) is 11.8 Å². The molecular weight excluding hydrogens is 108 g/mol. The van der Waals surface area contributed by atoms with Crippen LogP contribution in [0.1, 0.15) is 34.6 Å². The van der Waals surface area contributed by atoms with Gasteiger partial charge in [-0.2, -0.15) is 0 Å². The number of hydrogen-bond acceptors (Lipinski definition) is 0. The lowest BCUT2D eigenvalue weighted by Gasteiger charge is -2.15. The fourth-order valence-corrected chi connectivity index (χ4v) is 0.789. The lowest BCUT2D eigenvalue weighted by molar-refractivity contribution is 0.479. The largest absolute Gasteiger partial charge is 0.0885 e. The smallest absolute Gasteiger partial charge is 0.0211 e. The van der Waals surface area contributed by atoms with Crippen molar-refractivity contribution in [3.63, 3.8) is 0 Å². The summed E-state index contributed by atoms with van der Waals surface area (Å²) in [5, 5.41) is 0. The van der Waals surface area contributed by atoms with Crippen molar-refractivity contribution in [2.75, 3.05) is 0 Å². The highest BCUT2D eigenvalue weighted by molar-refractivity contribution is 5.00. The van der Waals surface area contributed by atoms with Crippen LogP contribution in [0.25, 0.3) is 0 Å². The van der Waals surface area contributed by atoms with Crippen LogP contribution in [0.15, 0.2) is 11.6 Å². The molecule has 0 nitrogen and oxygen atoms in total. The Morgan fingerprint density at radius 1 is 1.22 bits per heavy atom. The van der Waals surface area contributed by atoms with E-state index >= 15 is 0 Å². The fraction of sp³-hybridized carbons (Fsp3) is 0.778. The monoisotopic (exact) mass is 126 g/mol. The maximum atomic E-state index is 2.28. The highest BCUT2D eigenvalue weighted by Gasteiger charge is 2.06. The van der Waals surface area contributed by atoms with E-state index in [2.05, 4.69) is 40.7 Å². The number of hydrogen-bond donors (Lipinski definition) is 0. The molecule has 0 aromatic rings. The van der Waals surface area contributed by atoms with Crippen molar-refractivity contribution in [2.45, 2.75) is 34.6 Å². The van der Waals surface area contributed by atoms with Crippen LogP contribution in [0.2, 0.25) is 0 Å². The van der Waals surface area contributed by atoms with E-state index in [1.54, 1.807) is 0 Å². The normalized spacial score (nSPS) is 16.4. The van der Waals surface area contributed by atoms with Gasteiger partial charge in [-0.15, -0.1) is 0 Å². The first-order chi connectivity index (χ1) is 4.09. The molecular formula is C9H18. The Balaban J connectivity index is 3.88. The summed E-state index contributed by atoms with van der Waals surface area (Å²) in [4.78, 5) is 0. The van der Waals surface area contributed by atoms with Gasteiger partial charge in [-0.3, -0.25) is 0 Å². The summed E-state index contributed by atoms with van der Waals surface area (Å²) in [6, 6.07) is 0. The van der Waals surface area contributed by atoms with Crippen LogP contribution in [0.5, 0.6) is 0 Å². The van der Waals surface area contributed by atoms with E-state index in [0.29, 0.717) is 0 Å². The first kappa shape index (κ1) is 8.74. The maximum absolute atomic E-state index is 2.28. The van der Waals surface area contributed by atoms with Crippen molar-refractivity contribution in [1.82, 2.24) is 0 Å². The van der Waals surface area contributed by atoms with Crippen molar-refractivity contribution >= 4 is 0 Å². The van der Waals surface area contributed by atoms with Gasteiger partial charge < -0.3 is 0 Å². The molecule has 1 unspecified atom stereocenters. The van der Waals surface area contributed by atoms with Gasteiger partial charge in [0, 0.05) is 0 Å². The summed E-state index contributed by atoms with van der Waals surface area (Å²) >= 11 is 0. The topological polar surface area (TPSA) is 0 Å². The second-order valence-corrected chi connectivity index (χ2v) is 3.07. The summed E-state index contributed by atoms with van der Waals surface area (Å²) in [6.45, 7) is 11.1. The SMILES string of the molecule is C/C=C(\C)C(C)C(C)C. The van der Waals surface area contributed by atoms with Gasteiger partial charge in [0.2, 0.25) is 0 Å². The Morgan fingerprint density at radius 2 is 1.67 bits per heavy atom. The predicted molar refractivity (Wildman–Crippen MR) is 43.4 cm³/mol. The molecule has 0 radical (unpaired) electrons. The lowest BCUT2D eigenvalue weighted by atomic mass is 9.91. The van der Waals surface area contributed by atoms with Gasteiger partial charge in [0.1, 0.15) is 0 Å². The molecule has 0 aromatic carbocycles. The number of rotatable bonds is 2. The molecule has 0 saturated carbocycles. The molecule has 0 aliphatic rings. The van der Waals surface area contributed by atoms with Gasteiger partial charge in [-0.25, -0.2) is 0 Å². The molecule has 0 N–H and O–H groups in total. The molecule has 0 saturated heterocycles. The third-order valence-corrected chi connectivity index (χ3v) is 2.17. The van der Waals surface area contributed by atoms with Gasteiger partial charge in [0.25, 0.3) is 0 Å². The minimum absolute atomic E-state index is 0.745. The molecule has 0 spiro atoms. The highest BCUT2D eigenvalue weighted by Crippen LogP contribution is 2.18. The molecule has 1 atom stereocenters. The summed E-state index contributed by atoms with van der Waals surface area (Å²) in [6.07, 6.45) is 2.20. The molecule has 0 fully saturated rings. The van der Waals surface area contributed by atoms with Crippen LogP contribution in [-0.2, 0) is 0 Å². The van der Waals surface area contributed by atoms with Gasteiger partial charge in [0.15, 0.2) is 0 Å². The second kappa shape index (κ2) is 3.71. The van der Waals surface area contributed by atoms with E-state index in [1.165, 1.54) is 5.57 Å². The van der Waals surface area contributed by atoms with Crippen molar-refractivity contribution in [1.29, 1.82) is 0 Å². The van der Waals surface area contributed by atoms with E-state index in [1.807, 2.05) is 0 Å². The molecule has 0 bridgehead atoms. The molecule has 0 aliphatic carbocycles. The predicted octanol–water partition coefficient (Wildman–Crippen LogP) is 3.24. The third-order valence-electron chi connectivity index (χ3n) is 2.17. The van der Waals surface area contributed by atoms with Crippen LogP contribution in [0, 0.1) is 11.8 Å². The quantitative estimate of drug-likeness (QED) is 0.498. The molecule has 0 rings (SSSR count). The molecule has 0 amide bonds. The Hall–Kier alpha value is -0.260. The van der Waals surface area contributed by atoms with E-state index in [0.717, 1.165) is 11.8 Å². The number of allylic oxidation sites excluding steroid dienone is 2. The molecule has 0 heterocycles. The Bertz CT molecular complexity index is 98.6. The van der Waals surface area contributed by atoms with Gasteiger partial charge >= 0.3 is 0 Å². The van der Waals surface area contributed by atoms with Crippen LogP contribution < -0.4 is 0 Å². The maximum Gasteiger partial charge on any atom is -0.0211 e. The lowest BCUT2D eigenvalue weighted by Crippen LogP contribution is -2.04. The minimum atomic E-state index is 0.745. The average molecular weight is 126 g/mol. The summed E-state index contributed by atoms with van der Waals surface area (Å²) in [7, 11) is 0. The van der Waals surface area contributed by atoms with Gasteiger partial charge in [-0.05, 0) is 25.7 Å². The Kier molecular flexibility index (Phi) is 3.60. The van der Waals surface area contributed by atoms with Crippen molar-refractivity contribution in [3.8, 4) is 0 Å². The molecule has 0 aromatic heterocycles. The van der Waals surface area contributed by atoms with Gasteiger partial charge in [0.05, 0.1) is 0 Å². The minimum Gasteiger partial charge on any atom is -0.0885 e. The van der Waals surface area contributed by atoms with Crippen LogP contribution in [-0.4, -0.2) is 0 Å². The zero-order valence-electron chi connectivity index (χ0n) is 7.23. The van der Waals surface area contributed by atoms with E-state index in [9.17, 15) is 0 Å². The molecule has 0 heteroatoms. The molecule has 0 aliphatic heterocycles. The average Bonchev–Trinajstić information content (AvgIpc) is 1.84. The van der Waals surface area contributed by atoms with Crippen molar-refractivity contribution < 1.29 is 0 Å². The molecule has 54 valence electrons. The Labute approximate surface area is 59.0 Å². The Morgan fingerprint density at radius 3 is 1.78 bits per heavy atom. The third kappa shape index (κ3) is 2.69. The zero-order chi connectivity index (χ0) is 7.44. The van der Waals surface area contributed by atoms with E-state index < -0.39 is 0 Å². The van der Waals surface area contributed by atoms with E-state index in [4.69, 9.17) is 0 Å². The summed E-state index contributed by atoms with van der Waals surface area (Å²) in [5.74, 6) is 1.52. The van der Waals surface area contributed by atoms with Gasteiger partial charge in [-0.1, -0.05) is 32.4 Å². The summed E-state index contributed by atoms with van der Waals surface area (Å²) in [5.41, 5.74) is 1.50. The second-order valence-electron chi connectivity index (χ2n) is 3.07. The first-order valence-electron chi connectivity index (χ1n) is 3.72. The standard InChI is InChI=1S/C9H18/c1-6-8(4)9(5)7(2)3/h6-7,9H,1-5H3/b8-6+. The van der Waals surface area contributed by atoms with Crippen LogP contribution in [0.4, 0.5) is 0 Å². The zero-order valence-corrected chi connectivity index (χ0v) is 7.23. The van der Waals surface area contributed by atoms with E-state index in [-0.39, 0.29) is 0 Å². The molecule has 9 heavy (non-hydrogen) atoms. The van der Waals surface area contributed by atoms with Crippen LogP contribution in [0.3, 0.4) is 0 Å². The fourth-order valence-electron chi connectivity index (χ4n) is 0.789. The first-order valence-corrected chi connectivity index (χ1v) is 3.72. The highest BCUT2D eigenvalue weighted by atomic mass is 14.1.